The van der Waals surface area contributed by atoms with E-state index in [2.05, 4.69) is 21.3 Å². The number of para-hydroxylation sites is 1. The molecule has 0 saturated carbocycles. The number of halogens is 2. The molecule has 0 unspecified atom stereocenters. The second-order valence-corrected chi connectivity index (χ2v) is 10.2. The standard InChI is InChI=1S/C24H37F2N5O3/c1-13(2)28-15-11-18(22(33)29-19-16(25)9-8-10-17(19)26)31(12-15)23(34)20(24(4,5)6)30-21(32)14(3)27-7/h8-10,13-15,18,20,27-28H,11-12H2,1-7H3,(H,29,33)(H,30,32)/t14-,15-,18-,20+/m0/s1. The van der Waals surface area contributed by atoms with E-state index in [1.165, 1.54) is 11.0 Å². The highest BCUT2D eigenvalue weighted by atomic mass is 19.1. The average Bonchev–Trinajstić information content (AvgIpc) is 3.15. The maximum Gasteiger partial charge on any atom is 0.247 e. The molecule has 4 N–H and O–H groups in total. The molecule has 4 atom stereocenters. The van der Waals surface area contributed by atoms with Crippen LogP contribution in [0.5, 0.6) is 0 Å². The van der Waals surface area contributed by atoms with E-state index in [1.807, 2.05) is 34.6 Å². The quantitative estimate of drug-likeness (QED) is 0.455. The Morgan fingerprint density at radius 3 is 2.18 bits per heavy atom. The second-order valence-electron chi connectivity index (χ2n) is 10.2. The van der Waals surface area contributed by atoms with E-state index in [0.29, 0.717) is 0 Å². The summed E-state index contributed by atoms with van der Waals surface area (Å²) >= 11 is 0. The molecular weight excluding hydrogens is 444 g/mol. The van der Waals surface area contributed by atoms with Crippen molar-refractivity contribution in [3.63, 3.8) is 0 Å². The molecule has 0 aromatic heterocycles. The summed E-state index contributed by atoms with van der Waals surface area (Å²) in [5.41, 5.74) is -1.20. The summed E-state index contributed by atoms with van der Waals surface area (Å²) in [4.78, 5) is 40.8. The molecule has 1 fully saturated rings. The van der Waals surface area contributed by atoms with E-state index < -0.39 is 52.7 Å². The van der Waals surface area contributed by atoms with Gasteiger partial charge in [0.15, 0.2) is 0 Å². The van der Waals surface area contributed by atoms with Gasteiger partial charge in [0, 0.05) is 18.6 Å². The minimum atomic E-state index is -0.966. The average molecular weight is 482 g/mol. The highest BCUT2D eigenvalue weighted by Gasteiger charge is 2.45. The highest BCUT2D eigenvalue weighted by molar-refractivity contribution is 5.99. The zero-order valence-electron chi connectivity index (χ0n) is 21.0. The molecule has 8 nitrogen and oxygen atoms in total. The number of likely N-dealkylation sites (N-methyl/N-ethyl adjacent to an activating group) is 1. The van der Waals surface area contributed by atoms with Gasteiger partial charge < -0.3 is 26.2 Å². The smallest absolute Gasteiger partial charge is 0.247 e. The largest absolute Gasteiger partial charge is 0.342 e. The van der Waals surface area contributed by atoms with Crippen LogP contribution in [0, 0.1) is 17.0 Å². The van der Waals surface area contributed by atoms with Crippen molar-refractivity contribution in [2.24, 2.45) is 5.41 Å². The van der Waals surface area contributed by atoms with Gasteiger partial charge in [-0.25, -0.2) is 8.78 Å². The Kier molecular flexibility index (Phi) is 9.13. The Morgan fingerprint density at radius 1 is 1.09 bits per heavy atom. The molecule has 1 saturated heterocycles. The molecule has 190 valence electrons. The number of benzene rings is 1. The van der Waals surface area contributed by atoms with Crippen LogP contribution in [0.25, 0.3) is 0 Å². The molecule has 1 aliphatic heterocycles. The van der Waals surface area contributed by atoms with Gasteiger partial charge in [0.25, 0.3) is 0 Å². The van der Waals surface area contributed by atoms with Gasteiger partial charge in [-0.1, -0.05) is 40.7 Å². The predicted molar refractivity (Wildman–Crippen MR) is 127 cm³/mol. The van der Waals surface area contributed by atoms with Crippen molar-refractivity contribution in [1.82, 2.24) is 20.9 Å². The Bertz CT molecular complexity index is 883. The lowest BCUT2D eigenvalue weighted by molar-refractivity contribution is -0.143. The van der Waals surface area contributed by atoms with Gasteiger partial charge in [0.1, 0.15) is 29.4 Å². The first-order valence-electron chi connectivity index (χ1n) is 11.5. The molecule has 1 heterocycles. The Morgan fingerprint density at radius 2 is 1.68 bits per heavy atom. The maximum absolute atomic E-state index is 14.1. The lowest BCUT2D eigenvalue weighted by atomic mass is 9.85. The number of hydrogen-bond donors (Lipinski definition) is 4. The van der Waals surface area contributed by atoms with Crippen LogP contribution in [-0.2, 0) is 14.4 Å². The van der Waals surface area contributed by atoms with Gasteiger partial charge >= 0.3 is 0 Å². The first-order chi connectivity index (χ1) is 15.8. The van der Waals surface area contributed by atoms with Crippen LogP contribution in [0.1, 0.15) is 48.0 Å². The van der Waals surface area contributed by atoms with E-state index in [4.69, 9.17) is 0 Å². The SMILES string of the molecule is CN[C@@H](C)C(=O)N[C@H](C(=O)N1C[C@@H](NC(C)C)C[C@H]1C(=O)Nc1c(F)cccc1F)C(C)(C)C. The molecule has 0 bridgehead atoms. The highest BCUT2D eigenvalue weighted by Crippen LogP contribution is 2.28. The van der Waals surface area contributed by atoms with E-state index >= 15 is 0 Å². The van der Waals surface area contributed by atoms with Gasteiger partial charge in [-0.3, -0.25) is 14.4 Å². The van der Waals surface area contributed by atoms with Crippen molar-refractivity contribution in [1.29, 1.82) is 0 Å². The third kappa shape index (κ3) is 6.73. The van der Waals surface area contributed by atoms with Gasteiger partial charge in [0.05, 0.1) is 6.04 Å². The van der Waals surface area contributed by atoms with Crippen molar-refractivity contribution < 1.29 is 23.2 Å². The minimum Gasteiger partial charge on any atom is -0.342 e. The topological polar surface area (TPSA) is 103 Å². The van der Waals surface area contributed by atoms with Crippen molar-refractivity contribution >= 4 is 23.4 Å². The zero-order chi connectivity index (χ0) is 25.8. The normalized spacial score (nSPS) is 20.2. The fourth-order valence-corrected chi connectivity index (χ4v) is 3.96. The molecular formula is C24H37F2N5O3. The number of amides is 3. The molecule has 0 radical (unpaired) electrons. The van der Waals surface area contributed by atoms with Crippen LogP contribution >= 0.6 is 0 Å². The fraction of sp³-hybridized carbons (Fsp3) is 0.625. The molecule has 34 heavy (non-hydrogen) atoms. The molecule has 0 aliphatic carbocycles. The molecule has 0 spiro atoms. The molecule has 1 aromatic carbocycles. The summed E-state index contributed by atoms with van der Waals surface area (Å²) in [7, 11) is 1.64. The molecule has 1 aromatic rings. The third-order valence-corrected chi connectivity index (χ3v) is 5.89. The number of rotatable bonds is 8. The second kappa shape index (κ2) is 11.2. The lowest BCUT2D eigenvalue weighted by Crippen LogP contribution is -2.59. The van der Waals surface area contributed by atoms with Crippen molar-refractivity contribution in [2.45, 2.75) is 78.2 Å². The number of carbonyl (C=O) groups is 3. The zero-order valence-corrected chi connectivity index (χ0v) is 21.0. The minimum absolute atomic E-state index is 0.0994. The van der Waals surface area contributed by atoms with Crippen molar-refractivity contribution in [3.05, 3.63) is 29.8 Å². The van der Waals surface area contributed by atoms with Crippen molar-refractivity contribution in [3.8, 4) is 0 Å². The number of anilines is 1. The van der Waals surface area contributed by atoms with E-state index in [-0.39, 0.29) is 31.0 Å². The van der Waals surface area contributed by atoms with Crippen LogP contribution < -0.4 is 21.3 Å². The van der Waals surface area contributed by atoms with Gasteiger partial charge in [-0.05, 0) is 37.9 Å². The first-order valence-corrected chi connectivity index (χ1v) is 11.5. The van der Waals surface area contributed by atoms with Gasteiger partial charge in [-0.15, -0.1) is 0 Å². The first kappa shape index (κ1) is 27.7. The predicted octanol–water partition coefficient (Wildman–Crippen LogP) is 2.01. The maximum atomic E-state index is 14.1. The van der Waals surface area contributed by atoms with Crippen LogP contribution in [0.15, 0.2) is 18.2 Å². The van der Waals surface area contributed by atoms with Crippen molar-refractivity contribution in [2.75, 3.05) is 18.9 Å². The molecule has 10 heteroatoms. The number of nitrogens with zero attached hydrogens (tertiary/aromatic N) is 1. The van der Waals surface area contributed by atoms with Gasteiger partial charge in [0.2, 0.25) is 17.7 Å². The van der Waals surface area contributed by atoms with Crippen LogP contribution in [0.3, 0.4) is 0 Å². The van der Waals surface area contributed by atoms with E-state index in [1.54, 1.807) is 14.0 Å². The summed E-state index contributed by atoms with van der Waals surface area (Å²) in [6, 6.07) is 0.813. The summed E-state index contributed by atoms with van der Waals surface area (Å²) in [5, 5.41) is 11.3. The number of hydrogen-bond acceptors (Lipinski definition) is 5. The summed E-state index contributed by atoms with van der Waals surface area (Å²) in [5.74, 6) is -3.26. The number of carbonyl (C=O) groups excluding carboxylic acids is 3. The monoisotopic (exact) mass is 481 g/mol. The number of likely N-dealkylation sites (tertiary alicyclic amines) is 1. The Balaban J connectivity index is 2.35. The third-order valence-electron chi connectivity index (χ3n) is 5.89. The number of nitrogens with one attached hydrogen (secondary N) is 4. The lowest BCUT2D eigenvalue weighted by Gasteiger charge is -2.36. The van der Waals surface area contributed by atoms with Crippen LogP contribution in [0.2, 0.25) is 0 Å². The molecule has 1 aliphatic rings. The van der Waals surface area contributed by atoms with E-state index in [9.17, 15) is 23.2 Å². The Labute approximate surface area is 200 Å². The van der Waals surface area contributed by atoms with Crippen LogP contribution in [0.4, 0.5) is 14.5 Å². The van der Waals surface area contributed by atoms with Gasteiger partial charge in [-0.2, -0.15) is 0 Å². The summed E-state index contributed by atoms with van der Waals surface area (Å²) < 4.78 is 28.3. The summed E-state index contributed by atoms with van der Waals surface area (Å²) in [6.07, 6.45) is 0.267. The molecule has 3 amide bonds. The molecule has 2 rings (SSSR count). The fourth-order valence-electron chi connectivity index (χ4n) is 3.96. The summed E-state index contributed by atoms with van der Waals surface area (Å²) in [6.45, 7) is 11.3. The Hall–Kier alpha value is -2.59. The van der Waals surface area contributed by atoms with Crippen LogP contribution in [-0.4, -0.2) is 66.4 Å². The van der Waals surface area contributed by atoms with E-state index in [0.717, 1.165) is 12.1 Å².